The van der Waals surface area contributed by atoms with Gasteiger partial charge in [-0.15, -0.1) is 5.10 Å². The zero-order chi connectivity index (χ0) is 81.8. The third kappa shape index (κ3) is 22.1. The summed E-state index contributed by atoms with van der Waals surface area (Å²) in [6.07, 6.45) is 10.1. The lowest BCUT2D eigenvalue weighted by Crippen LogP contribution is -3.00. The number of aryl methyl sites for hydroxylation is 1. The van der Waals surface area contributed by atoms with Crippen LogP contribution in [0.1, 0.15) is 89.4 Å². The van der Waals surface area contributed by atoms with Crippen LogP contribution in [0.25, 0.3) is 50.2 Å². The molecule has 15 N–H and O–H groups in total. The van der Waals surface area contributed by atoms with Crippen molar-refractivity contribution in [3.63, 3.8) is 0 Å². The second-order valence-electron chi connectivity index (χ2n) is 25.9. The van der Waals surface area contributed by atoms with Crippen molar-refractivity contribution in [1.29, 1.82) is 0 Å². The maximum absolute atomic E-state index is 12.7. The summed E-state index contributed by atoms with van der Waals surface area (Å²) in [5.41, 5.74) is 23.1. The number of aliphatic hydroxyl groups is 4. The lowest BCUT2D eigenvalue weighted by Gasteiger charge is -2.16. The summed E-state index contributed by atoms with van der Waals surface area (Å²) in [5, 5.41) is 99.1. The van der Waals surface area contributed by atoms with Crippen LogP contribution >= 0.6 is 0 Å². The molecule has 0 aliphatic carbocycles. The zero-order valence-corrected chi connectivity index (χ0v) is 63.7. The number of hydrogen-bond acceptors (Lipinski definition) is 32. The van der Waals surface area contributed by atoms with Gasteiger partial charge in [-0.3, -0.25) is 33.7 Å². The van der Waals surface area contributed by atoms with E-state index in [2.05, 4.69) is 149 Å². The van der Waals surface area contributed by atoms with E-state index in [4.69, 9.17) is 36.6 Å². The number of hydrogen-bond donors (Lipinski definition) is 13. The summed E-state index contributed by atoms with van der Waals surface area (Å²) in [5.74, 6) is 11.1. The summed E-state index contributed by atoms with van der Waals surface area (Å²) >= 11 is 0. The van der Waals surface area contributed by atoms with Crippen molar-refractivity contribution in [1.82, 2.24) is 94.6 Å². The lowest BCUT2D eigenvalue weighted by atomic mass is 10.1. The molecular formula is C80H80ClN26O11-. The highest BCUT2D eigenvalue weighted by Crippen LogP contribution is 2.34. The summed E-state index contributed by atoms with van der Waals surface area (Å²) in [4.78, 5) is 75.3. The number of nitrogen functional groups attached to an aromatic ring is 2. The van der Waals surface area contributed by atoms with Gasteiger partial charge in [-0.1, -0.05) is 99.8 Å². The molecule has 37 nitrogen and oxygen atoms in total. The molecule has 2 amide bonds. The molecule has 0 saturated carbocycles. The van der Waals surface area contributed by atoms with Crippen molar-refractivity contribution in [2.45, 2.75) is 94.1 Å². The van der Waals surface area contributed by atoms with E-state index in [1.54, 1.807) is 53.5 Å². The Morgan fingerprint density at radius 2 is 0.992 bits per heavy atom. The Kier molecular flexibility index (Phi) is 30.1. The van der Waals surface area contributed by atoms with E-state index in [1.807, 2.05) is 97.2 Å². The molecule has 15 rings (SSSR count). The number of aromatic nitrogens is 17. The smallest absolute Gasteiger partial charge is 0.252 e. The highest BCUT2D eigenvalue weighted by atomic mass is 35.5. The van der Waals surface area contributed by atoms with Gasteiger partial charge < -0.3 is 90.7 Å². The third-order valence-corrected chi connectivity index (χ3v) is 17.9. The SMILES string of the molecule is C=Cc1cccc(C#CCCNC(=O)[C@H]2O[C@@H](n3cnc4c(N)ncnc43)[C@H](O)[C@@H]2O)n1.Nc1ncnc2c1ncn2[C@@H]1O[C@H](C(=O)NCCc2cn(Cc3cccc(/C=N\O)n3)nn2)[C@@H](O)[C@H]1O.O/N=C\c1cccc(C#CCCNc2ccnc3ccccc23)n1.O/N=C\c1cccc(CCCCNc2ccnc3ccccc23)n1.[Cl-]. The molecule has 2 saturated heterocycles. The first kappa shape index (κ1) is 84.5. The molecule has 11 aromatic heterocycles. The molecule has 13 heterocycles. The number of pyridine rings is 6. The summed E-state index contributed by atoms with van der Waals surface area (Å²) in [6, 6.07) is 42.0. The number of carbonyl (C=O) groups is 2. The van der Waals surface area contributed by atoms with Crippen LogP contribution in [0.4, 0.5) is 23.0 Å². The quantitative estimate of drug-likeness (QED) is 0.0135. The number of benzene rings is 2. The van der Waals surface area contributed by atoms with Gasteiger partial charge in [-0.05, 0) is 110 Å². The maximum Gasteiger partial charge on any atom is 0.252 e. The average molecular weight is 1620 g/mol. The van der Waals surface area contributed by atoms with Gasteiger partial charge in [0, 0.05) is 91.9 Å². The van der Waals surface area contributed by atoms with Crippen LogP contribution in [-0.4, -0.2) is 213 Å². The van der Waals surface area contributed by atoms with E-state index >= 15 is 0 Å². The topological polar surface area (TPSA) is 527 Å². The molecule has 13 aromatic rings. The van der Waals surface area contributed by atoms with E-state index < -0.39 is 60.9 Å². The molecule has 0 bridgehead atoms. The van der Waals surface area contributed by atoms with Crippen LogP contribution in [0.5, 0.6) is 0 Å². The third-order valence-electron chi connectivity index (χ3n) is 17.9. The van der Waals surface area contributed by atoms with Gasteiger partial charge in [-0.2, -0.15) is 0 Å². The molecule has 118 heavy (non-hydrogen) atoms. The standard InChI is InChI=1S/C21H23N11O5.C21H21N7O4.C19H20N4O.C19H16N4O.ClH/c22-18-14-19(25-9-24-18)32(10-26-14)21-16(34)15(33)17(37-21)20(35)23-5-4-13-8-31(30-29-13)7-12-3-1-2-11(28-12)6-27-36;1-2-12-7-5-8-13(27-12)6-3-4-9-23-20(31)17-15(29)16(30)21(32-17)28-11-26-14-18(22)24-10-25-19(14)28;2*24-22-14-16-8-5-7-15(23-16)6-3-4-12-20-19-11-13-21-18-10-2-1-9-17(18)19;/h1-3,6,8-10,15-17,21,33-34,36H,4-5,7H2,(H,23,35)(H2,22,24,25);2,5,7-8,10-11,15-17,21,29-30H,1,4,9H2,(H,23,31)(H2,22,24,25);1-2,5,7-11,13-14,24H,3-4,6,12H2,(H,20,21);1-2,5,7-11,13-14,24H,4,12H2,(H,20,21);1H/p-1/b27-6-;;2*22-14-;/t2*15-,16+,17-,21+;;;/m00.../s1. The summed E-state index contributed by atoms with van der Waals surface area (Å²) < 4.78 is 15.7. The fourth-order valence-electron chi connectivity index (χ4n) is 12.3. The van der Waals surface area contributed by atoms with E-state index in [1.165, 1.54) is 53.1 Å². The molecule has 38 heteroatoms. The van der Waals surface area contributed by atoms with E-state index in [0.29, 0.717) is 88.0 Å². The second kappa shape index (κ2) is 42.1. The highest BCUT2D eigenvalue weighted by Gasteiger charge is 2.49. The minimum atomic E-state index is -1.47. The Bertz CT molecular complexity index is 5800. The predicted molar refractivity (Wildman–Crippen MR) is 432 cm³/mol. The van der Waals surface area contributed by atoms with Crippen molar-refractivity contribution in [2.75, 3.05) is 48.3 Å². The number of imidazole rings is 2. The number of nitrogens with one attached hydrogen (secondary N) is 4. The normalized spacial score (nSPS) is 17.3. The Balaban J connectivity index is 0.000000156. The lowest BCUT2D eigenvalue weighted by molar-refractivity contribution is -0.138. The Hall–Kier alpha value is -14.4. The second-order valence-corrected chi connectivity index (χ2v) is 25.9. The maximum atomic E-state index is 12.7. The number of oxime groups is 3. The Morgan fingerprint density at radius 1 is 0.508 bits per heavy atom. The number of aliphatic hydroxyl groups excluding tert-OH is 4. The van der Waals surface area contributed by atoms with Crippen LogP contribution in [0.2, 0.25) is 0 Å². The molecule has 0 radical (unpaired) electrons. The van der Waals surface area contributed by atoms with Crippen LogP contribution in [0.3, 0.4) is 0 Å². The molecule has 604 valence electrons. The van der Waals surface area contributed by atoms with Crippen LogP contribution < -0.4 is 45.1 Å². The fourth-order valence-corrected chi connectivity index (χ4v) is 12.3. The van der Waals surface area contributed by atoms with Crippen molar-refractivity contribution < 1.29 is 67.5 Å². The fraction of sp³-hybridized carbons (Fsp3) is 0.237. The molecule has 2 aliphatic rings. The van der Waals surface area contributed by atoms with Gasteiger partial charge in [0.2, 0.25) is 0 Å². The van der Waals surface area contributed by atoms with Crippen molar-refractivity contribution in [3.8, 4) is 23.7 Å². The van der Waals surface area contributed by atoms with Gasteiger partial charge in [-0.25, -0.2) is 49.5 Å². The van der Waals surface area contributed by atoms with Crippen molar-refractivity contribution >= 4 is 104 Å². The molecular weight excluding hydrogens is 1540 g/mol. The number of rotatable bonds is 24. The van der Waals surface area contributed by atoms with Gasteiger partial charge >= 0.3 is 0 Å². The Labute approximate surface area is 679 Å². The minimum absolute atomic E-state index is 0. The molecule has 2 aliphatic heterocycles. The average Bonchev–Trinajstić information content (AvgIpc) is 1.62. The first-order valence-electron chi connectivity index (χ1n) is 36.6. The minimum Gasteiger partial charge on any atom is -1.00 e. The number of halogens is 1. The van der Waals surface area contributed by atoms with Gasteiger partial charge in [0.1, 0.15) is 59.5 Å². The predicted octanol–water partition coefficient (Wildman–Crippen LogP) is 2.02. The number of carbonyl (C=O) groups excluding carboxylic acids is 2. The molecule has 2 aromatic carbocycles. The monoisotopic (exact) mass is 1620 g/mol. The van der Waals surface area contributed by atoms with Crippen molar-refractivity contribution in [2.24, 2.45) is 15.5 Å². The summed E-state index contributed by atoms with van der Waals surface area (Å²) in [7, 11) is 0. The van der Waals surface area contributed by atoms with E-state index in [-0.39, 0.29) is 37.1 Å². The van der Waals surface area contributed by atoms with Crippen molar-refractivity contribution in [3.05, 3.63) is 235 Å². The van der Waals surface area contributed by atoms with Gasteiger partial charge in [0.05, 0.1) is 83.0 Å². The van der Waals surface area contributed by atoms with Gasteiger partial charge in [0.25, 0.3) is 11.8 Å². The highest BCUT2D eigenvalue weighted by molar-refractivity contribution is 5.92. The first-order valence-corrected chi connectivity index (χ1v) is 36.6. The number of nitrogens with two attached hydrogens (primary N) is 2. The largest absolute Gasteiger partial charge is 1.00 e. The van der Waals surface area contributed by atoms with E-state index in [9.17, 15) is 30.0 Å². The number of nitrogens with zero attached hydrogens (tertiary/aromatic N) is 20. The first-order chi connectivity index (χ1) is 57.2. The molecule has 0 spiro atoms. The van der Waals surface area contributed by atoms with Crippen LogP contribution in [-0.2, 0) is 38.4 Å². The number of anilines is 4. The summed E-state index contributed by atoms with van der Waals surface area (Å²) in [6.45, 7) is 6.10. The number of para-hydroxylation sites is 2. The number of ether oxygens (including phenoxy) is 2. The Morgan fingerprint density at radius 3 is 1.54 bits per heavy atom. The zero-order valence-electron chi connectivity index (χ0n) is 62.9. The van der Waals surface area contributed by atoms with Gasteiger partial charge in [0.15, 0.2) is 47.6 Å². The number of amides is 2. The molecule has 8 atom stereocenters. The number of fused-ring (bicyclic) bond motifs is 4. The molecule has 0 unspecified atom stereocenters. The van der Waals surface area contributed by atoms with Crippen LogP contribution in [0, 0.1) is 23.7 Å². The van der Waals surface area contributed by atoms with E-state index in [0.717, 1.165) is 76.9 Å². The number of unbranched alkanes of at least 4 members (excludes halogenated alkanes) is 1. The van der Waals surface area contributed by atoms with Crippen LogP contribution in [0.15, 0.2) is 199 Å². The molecule has 2 fully saturated rings.